The smallest absolute Gasteiger partial charge is 0.326 e. The first-order valence-corrected chi connectivity index (χ1v) is 13.1. The highest BCUT2D eigenvalue weighted by Gasteiger charge is 2.42. The van der Waals surface area contributed by atoms with E-state index >= 15 is 0 Å². The Hall–Kier alpha value is -3.30. The van der Waals surface area contributed by atoms with Crippen LogP contribution in [0.25, 0.3) is 0 Å². The monoisotopic (exact) mass is 562 g/mol. The van der Waals surface area contributed by atoms with Gasteiger partial charge in [-0.15, -0.1) is 0 Å². The van der Waals surface area contributed by atoms with E-state index in [4.69, 9.17) is 23.2 Å². The van der Waals surface area contributed by atoms with Gasteiger partial charge in [0.15, 0.2) is 0 Å². The molecule has 4 N–H and O–H groups in total. The Morgan fingerprint density at radius 1 is 1.03 bits per heavy atom. The Labute approximate surface area is 231 Å². The summed E-state index contributed by atoms with van der Waals surface area (Å²) in [6, 6.07) is 10.1. The molecule has 0 spiro atoms. The molecule has 0 radical (unpaired) electrons. The molecule has 4 amide bonds. The number of hydrogen-bond donors (Lipinski definition) is 4. The topological polar surface area (TPSA) is 128 Å². The minimum atomic E-state index is -1.14. The zero-order valence-electron chi connectivity index (χ0n) is 21.4. The standard InChI is InChI=1S/C27H32Cl2N4O5/c1-30-26(38)33(2)15-14-27(12-3-4-13-27)25(37)32-21(24(35)36)16-17-8-10-18(11-9-17)31-23(34)22-19(28)6-5-7-20(22)29/h5-11,21H,3-4,12-16H2,1-2H3,(H,30,38)(H,31,34)(H,32,37)(H,35,36). The van der Waals surface area contributed by atoms with Crippen LogP contribution in [0, 0.1) is 5.41 Å². The van der Waals surface area contributed by atoms with Gasteiger partial charge >= 0.3 is 12.0 Å². The molecule has 1 aliphatic carbocycles. The van der Waals surface area contributed by atoms with Crippen LogP contribution in [0.4, 0.5) is 10.5 Å². The summed E-state index contributed by atoms with van der Waals surface area (Å²) in [4.78, 5) is 51.3. The number of rotatable bonds is 10. The van der Waals surface area contributed by atoms with Crippen LogP contribution in [-0.4, -0.2) is 60.5 Å². The second-order valence-corrected chi connectivity index (χ2v) is 10.3. The van der Waals surface area contributed by atoms with Crippen molar-refractivity contribution in [2.24, 2.45) is 5.41 Å². The largest absolute Gasteiger partial charge is 0.480 e. The summed E-state index contributed by atoms with van der Waals surface area (Å²) < 4.78 is 0. The quantitative estimate of drug-likeness (QED) is 0.337. The van der Waals surface area contributed by atoms with Crippen molar-refractivity contribution in [3.8, 4) is 0 Å². The van der Waals surface area contributed by atoms with Crippen molar-refractivity contribution in [1.29, 1.82) is 0 Å². The third kappa shape index (κ3) is 7.17. The predicted molar refractivity (Wildman–Crippen MR) is 147 cm³/mol. The van der Waals surface area contributed by atoms with E-state index < -0.39 is 23.3 Å². The fourth-order valence-electron chi connectivity index (χ4n) is 4.70. The summed E-state index contributed by atoms with van der Waals surface area (Å²) in [6.45, 7) is 0.386. The predicted octanol–water partition coefficient (Wildman–Crippen LogP) is 4.58. The van der Waals surface area contributed by atoms with Gasteiger partial charge in [-0.25, -0.2) is 9.59 Å². The van der Waals surface area contributed by atoms with Crippen molar-refractivity contribution in [1.82, 2.24) is 15.5 Å². The maximum absolute atomic E-state index is 13.3. The molecule has 204 valence electrons. The highest BCUT2D eigenvalue weighted by molar-refractivity contribution is 6.40. The normalized spacial score (nSPS) is 14.8. The van der Waals surface area contributed by atoms with Crippen LogP contribution in [0.2, 0.25) is 10.0 Å². The lowest BCUT2D eigenvalue weighted by molar-refractivity contribution is -0.144. The minimum absolute atomic E-state index is 0.0693. The number of amides is 4. The number of benzene rings is 2. The Morgan fingerprint density at radius 3 is 2.18 bits per heavy atom. The Kier molecular flexibility index (Phi) is 9.99. The van der Waals surface area contributed by atoms with Gasteiger partial charge in [0.1, 0.15) is 6.04 Å². The third-order valence-corrected chi connectivity index (χ3v) is 7.60. The van der Waals surface area contributed by atoms with Crippen LogP contribution in [0.15, 0.2) is 42.5 Å². The number of carboxylic acids is 1. The van der Waals surface area contributed by atoms with Gasteiger partial charge in [0, 0.05) is 32.7 Å². The fraction of sp³-hybridized carbons (Fsp3) is 0.407. The van der Waals surface area contributed by atoms with Gasteiger partial charge in [-0.2, -0.15) is 0 Å². The number of carbonyl (C=O) groups excluding carboxylic acids is 3. The highest BCUT2D eigenvalue weighted by atomic mass is 35.5. The number of nitrogens with one attached hydrogen (secondary N) is 3. The van der Waals surface area contributed by atoms with E-state index in [2.05, 4.69) is 16.0 Å². The number of carbonyl (C=O) groups is 4. The number of halogens is 2. The van der Waals surface area contributed by atoms with Crippen LogP contribution in [0.5, 0.6) is 0 Å². The molecular formula is C27H32Cl2N4O5. The molecule has 1 atom stereocenters. The highest BCUT2D eigenvalue weighted by Crippen LogP contribution is 2.41. The lowest BCUT2D eigenvalue weighted by Gasteiger charge is -2.31. The van der Waals surface area contributed by atoms with Gasteiger partial charge in [-0.1, -0.05) is 54.2 Å². The van der Waals surface area contributed by atoms with E-state index in [1.54, 1.807) is 56.6 Å². The molecule has 11 heteroatoms. The number of carboxylic acid groups (broad SMARTS) is 1. The van der Waals surface area contributed by atoms with Gasteiger partial charge in [-0.3, -0.25) is 9.59 Å². The van der Waals surface area contributed by atoms with Crippen molar-refractivity contribution < 1.29 is 24.3 Å². The maximum atomic E-state index is 13.3. The first kappa shape index (κ1) is 29.3. The van der Waals surface area contributed by atoms with Crippen molar-refractivity contribution >= 4 is 52.7 Å². The molecule has 1 saturated carbocycles. The van der Waals surface area contributed by atoms with E-state index in [0.717, 1.165) is 12.8 Å². The van der Waals surface area contributed by atoms with Crippen LogP contribution < -0.4 is 16.0 Å². The van der Waals surface area contributed by atoms with Gasteiger partial charge < -0.3 is 26.0 Å². The Morgan fingerprint density at radius 2 is 1.63 bits per heavy atom. The van der Waals surface area contributed by atoms with Gasteiger partial charge in [0.25, 0.3) is 5.91 Å². The van der Waals surface area contributed by atoms with Crippen molar-refractivity contribution in [2.75, 3.05) is 26.0 Å². The second-order valence-electron chi connectivity index (χ2n) is 9.53. The van der Waals surface area contributed by atoms with Crippen LogP contribution in [0.3, 0.4) is 0 Å². The van der Waals surface area contributed by atoms with Crippen molar-refractivity contribution in [3.05, 3.63) is 63.6 Å². The van der Waals surface area contributed by atoms with Crippen molar-refractivity contribution in [3.63, 3.8) is 0 Å². The molecule has 0 aromatic heterocycles. The van der Waals surface area contributed by atoms with E-state index in [9.17, 15) is 24.3 Å². The zero-order valence-corrected chi connectivity index (χ0v) is 22.9. The molecular weight excluding hydrogens is 531 g/mol. The molecule has 38 heavy (non-hydrogen) atoms. The Bertz CT molecular complexity index is 1160. The summed E-state index contributed by atoms with van der Waals surface area (Å²) in [6.07, 6.45) is 3.58. The molecule has 1 fully saturated rings. The molecule has 2 aromatic carbocycles. The molecule has 0 aliphatic heterocycles. The van der Waals surface area contributed by atoms with Gasteiger partial charge in [-0.05, 0) is 49.1 Å². The van der Waals surface area contributed by atoms with Crippen LogP contribution in [-0.2, 0) is 16.0 Å². The van der Waals surface area contributed by atoms with E-state index in [1.165, 1.54) is 4.90 Å². The molecule has 3 rings (SSSR count). The Balaban J connectivity index is 1.65. The summed E-state index contributed by atoms with van der Waals surface area (Å²) in [5, 5.41) is 18.3. The number of nitrogens with zero attached hydrogens (tertiary/aromatic N) is 1. The van der Waals surface area contributed by atoms with Crippen LogP contribution >= 0.6 is 23.2 Å². The van der Waals surface area contributed by atoms with E-state index in [1.807, 2.05) is 0 Å². The number of anilines is 1. The lowest BCUT2D eigenvalue weighted by atomic mass is 9.81. The number of hydrogen-bond acceptors (Lipinski definition) is 4. The molecule has 2 aromatic rings. The van der Waals surface area contributed by atoms with Crippen molar-refractivity contribution in [2.45, 2.75) is 44.6 Å². The molecule has 1 aliphatic rings. The molecule has 1 unspecified atom stereocenters. The summed E-state index contributed by atoms with van der Waals surface area (Å²) in [5.74, 6) is -1.90. The average Bonchev–Trinajstić information content (AvgIpc) is 3.37. The van der Waals surface area contributed by atoms with Gasteiger partial charge in [0.05, 0.1) is 21.0 Å². The number of urea groups is 1. The van der Waals surface area contributed by atoms with E-state index in [0.29, 0.717) is 37.1 Å². The SMILES string of the molecule is CNC(=O)N(C)CCC1(C(=O)NC(Cc2ccc(NC(=O)c3c(Cl)cccc3Cl)cc2)C(=O)O)CCCC1. The zero-order chi connectivity index (χ0) is 27.9. The second kappa shape index (κ2) is 13.0. The first-order chi connectivity index (χ1) is 18.1. The summed E-state index contributed by atoms with van der Waals surface area (Å²) in [5.41, 5.74) is 0.613. The molecule has 9 nitrogen and oxygen atoms in total. The molecule has 0 heterocycles. The average molecular weight is 563 g/mol. The fourth-order valence-corrected chi connectivity index (χ4v) is 5.27. The third-order valence-electron chi connectivity index (χ3n) is 6.97. The maximum Gasteiger partial charge on any atom is 0.326 e. The van der Waals surface area contributed by atoms with Gasteiger partial charge in [0.2, 0.25) is 5.91 Å². The lowest BCUT2D eigenvalue weighted by Crippen LogP contribution is -2.49. The summed E-state index contributed by atoms with van der Waals surface area (Å²) >= 11 is 12.2. The minimum Gasteiger partial charge on any atom is -0.480 e. The molecule has 0 saturated heterocycles. The first-order valence-electron chi connectivity index (χ1n) is 12.4. The van der Waals surface area contributed by atoms with Crippen LogP contribution in [0.1, 0.15) is 48.0 Å². The van der Waals surface area contributed by atoms with E-state index in [-0.39, 0.29) is 34.0 Å². The molecule has 0 bridgehead atoms. The number of aliphatic carboxylic acids is 1. The summed E-state index contributed by atoms with van der Waals surface area (Å²) in [7, 11) is 3.21.